The minimum absolute atomic E-state index is 0.00241. The Morgan fingerprint density at radius 1 is 1.33 bits per heavy atom. The van der Waals surface area contributed by atoms with Crippen molar-refractivity contribution in [3.8, 4) is 0 Å². The maximum Gasteiger partial charge on any atom is 0.338 e. The molecule has 0 saturated heterocycles. The van der Waals surface area contributed by atoms with E-state index in [1.165, 1.54) is 5.56 Å². The Bertz CT molecular complexity index is 300. The summed E-state index contributed by atoms with van der Waals surface area (Å²) in [4.78, 5) is 11.3. The van der Waals surface area contributed by atoms with Crippen LogP contribution in [0.2, 0.25) is 0 Å². The molecule has 0 aromatic heterocycles. The van der Waals surface area contributed by atoms with E-state index in [0.717, 1.165) is 6.42 Å². The normalized spacial score (nSPS) is 21.4. The lowest BCUT2D eigenvalue weighted by Crippen LogP contribution is -2.19. The van der Waals surface area contributed by atoms with E-state index in [2.05, 4.69) is 0 Å². The van der Waals surface area contributed by atoms with Gasteiger partial charge in [-0.3, -0.25) is 0 Å². The van der Waals surface area contributed by atoms with E-state index in [4.69, 9.17) is 4.74 Å². The van der Waals surface area contributed by atoms with Crippen LogP contribution < -0.4 is 0 Å². The second kappa shape index (κ2) is 2.63. The van der Waals surface area contributed by atoms with Crippen molar-refractivity contribution in [3.63, 3.8) is 0 Å². The third-order valence-electron chi connectivity index (χ3n) is 2.02. The lowest BCUT2D eigenvalue weighted by atomic mass is 10.0. The monoisotopic (exact) mass is 162 g/mol. The first-order valence-corrected chi connectivity index (χ1v) is 4.05. The van der Waals surface area contributed by atoms with Gasteiger partial charge in [-0.15, -0.1) is 0 Å². The van der Waals surface area contributed by atoms with Crippen LogP contribution in [0.15, 0.2) is 24.3 Å². The minimum Gasteiger partial charge on any atom is -0.459 e. The highest BCUT2D eigenvalue weighted by Crippen LogP contribution is 2.14. The van der Waals surface area contributed by atoms with Gasteiger partial charge in [-0.25, -0.2) is 4.79 Å². The topological polar surface area (TPSA) is 26.3 Å². The van der Waals surface area contributed by atoms with Crippen molar-refractivity contribution in [2.45, 2.75) is 19.4 Å². The number of esters is 1. The number of ether oxygens (including phenoxy) is 1. The zero-order valence-corrected chi connectivity index (χ0v) is 6.91. The van der Waals surface area contributed by atoms with E-state index in [9.17, 15) is 4.79 Å². The highest BCUT2D eigenvalue weighted by Gasteiger charge is 2.15. The average molecular weight is 162 g/mol. The van der Waals surface area contributed by atoms with Gasteiger partial charge >= 0.3 is 5.97 Å². The number of rotatable bonds is 0. The van der Waals surface area contributed by atoms with Gasteiger partial charge in [0.05, 0.1) is 5.56 Å². The SMILES string of the molecule is CC1Cc2ccc(cc2)C(=O)O1. The largest absolute Gasteiger partial charge is 0.459 e. The summed E-state index contributed by atoms with van der Waals surface area (Å²) in [5.74, 6) is -0.214. The van der Waals surface area contributed by atoms with Crippen LogP contribution >= 0.6 is 0 Å². The molecule has 0 N–H and O–H groups in total. The van der Waals surface area contributed by atoms with Gasteiger partial charge < -0.3 is 4.74 Å². The van der Waals surface area contributed by atoms with Gasteiger partial charge in [0.1, 0.15) is 6.10 Å². The van der Waals surface area contributed by atoms with Crippen molar-refractivity contribution in [2.75, 3.05) is 0 Å². The Hall–Kier alpha value is -1.31. The molecule has 12 heavy (non-hydrogen) atoms. The summed E-state index contributed by atoms with van der Waals surface area (Å²) in [6.07, 6.45) is 0.809. The molecule has 0 saturated carbocycles. The van der Waals surface area contributed by atoms with Gasteiger partial charge in [0.2, 0.25) is 0 Å². The van der Waals surface area contributed by atoms with Crippen LogP contribution in [-0.2, 0) is 11.2 Å². The standard InChI is InChI=1S/C10H10O2/c1-7-6-8-2-4-9(5-3-8)10(11)12-7/h2-5,7H,6H2,1H3. The van der Waals surface area contributed by atoms with Crippen LogP contribution in [-0.4, -0.2) is 12.1 Å². The second-order valence-electron chi connectivity index (χ2n) is 3.12. The molecule has 2 aliphatic rings. The van der Waals surface area contributed by atoms with E-state index in [0.29, 0.717) is 5.56 Å². The van der Waals surface area contributed by atoms with Gasteiger partial charge in [-0.05, 0) is 24.6 Å². The summed E-state index contributed by atoms with van der Waals surface area (Å²) in [5, 5.41) is 0. The highest BCUT2D eigenvalue weighted by molar-refractivity contribution is 5.89. The quantitative estimate of drug-likeness (QED) is 0.543. The lowest BCUT2D eigenvalue weighted by molar-refractivity contribution is 0.0337. The van der Waals surface area contributed by atoms with Crippen LogP contribution in [0.25, 0.3) is 0 Å². The van der Waals surface area contributed by atoms with E-state index in [-0.39, 0.29) is 12.1 Å². The smallest absolute Gasteiger partial charge is 0.338 e. The summed E-state index contributed by atoms with van der Waals surface area (Å²) < 4.78 is 5.13. The van der Waals surface area contributed by atoms with Crippen molar-refractivity contribution in [1.29, 1.82) is 0 Å². The van der Waals surface area contributed by atoms with Gasteiger partial charge in [-0.1, -0.05) is 12.1 Å². The van der Waals surface area contributed by atoms with Crippen molar-refractivity contribution in [2.24, 2.45) is 0 Å². The molecule has 1 aromatic carbocycles. The molecule has 0 amide bonds. The van der Waals surface area contributed by atoms with Crippen molar-refractivity contribution in [1.82, 2.24) is 0 Å². The van der Waals surface area contributed by atoms with Gasteiger partial charge in [-0.2, -0.15) is 0 Å². The van der Waals surface area contributed by atoms with Crippen LogP contribution in [0, 0.1) is 0 Å². The number of hydrogen-bond acceptors (Lipinski definition) is 2. The molecule has 3 rings (SSSR count). The summed E-state index contributed by atoms with van der Waals surface area (Å²) >= 11 is 0. The van der Waals surface area contributed by atoms with E-state index in [1.807, 2.05) is 31.2 Å². The molecule has 2 bridgehead atoms. The molecule has 1 unspecified atom stereocenters. The Balaban J connectivity index is 2.46. The molecule has 62 valence electrons. The first-order chi connectivity index (χ1) is 5.75. The first-order valence-electron chi connectivity index (χ1n) is 4.05. The van der Waals surface area contributed by atoms with Crippen LogP contribution in [0.5, 0.6) is 0 Å². The van der Waals surface area contributed by atoms with Crippen LogP contribution in [0.4, 0.5) is 0 Å². The molecule has 2 heteroatoms. The van der Waals surface area contributed by atoms with Crippen molar-refractivity contribution >= 4 is 5.97 Å². The number of carbonyl (C=O) groups is 1. The van der Waals surface area contributed by atoms with Crippen molar-refractivity contribution < 1.29 is 9.53 Å². The molecule has 0 spiro atoms. The first kappa shape index (κ1) is 7.35. The molecule has 2 aliphatic heterocycles. The van der Waals surface area contributed by atoms with Gasteiger partial charge in [0.25, 0.3) is 0 Å². The summed E-state index contributed by atoms with van der Waals surface area (Å²) in [5.41, 5.74) is 1.86. The summed E-state index contributed by atoms with van der Waals surface area (Å²) in [6.45, 7) is 1.91. The maximum atomic E-state index is 11.3. The average Bonchev–Trinajstić information content (AvgIpc) is 2.02. The molecule has 0 fully saturated rings. The van der Waals surface area contributed by atoms with Crippen LogP contribution in [0.3, 0.4) is 0 Å². The molecular weight excluding hydrogens is 152 g/mol. The molecule has 1 aromatic rings. The van der Waals surface area contributed by atoms with Crippen molar-refractivity contribution in [3.05, 3.63) is 35.4 Å². The number of benzene rings is 1. The molecule has 2 nitrogen and oxygen atoms in total. The highest BCUT2D eigenvalue weighted by atomic mass is 16.5. The molecule has 0 aliphatic carbocycles. The van der Waals surface area contributed by atoms with Gasteiger partial charge in [0.15, 0.2) is 0 Å². The van der Waals surface area contributed by atoms with E-state index in [1.54, 1.807) is 0 Å². The second-order valence-corrected chi connectivity index (χ2v) is 3.12. The summed E-state index contributed by atoms with van der Waals surface area (Å²) in [7, 11) is 0. The fourth-order valence-corrected chi connectivity index (χ4v) is 1.40. The fraction of sp³-hybridized carbons (Fsp3) is 0.300. The third-order valence-corrected chi connectivity index (χ3v) is 2.02. The Morgan fingerprint density at radius 2 is 2.00 bits per heavy atom. The fourth-order valence-electron chi connectivity index (χ4n) is 1.40. The maximum absolute atomic E-state index is 11.3. The number of hydrogen-bond donors (Lipinski definition) is 0. The Kier molecular flexibility index (Phi) is 1.61. The number of carbonyl (C=O) groups excluding carboxylic acids is 1. The lowest BCUT2D eigenvalue weighted by Gasteiger charge is -2.16. The summed E-state index contributed by atoms with van der Waals surface area (Å²) in [6, 6.07) is 7.57. The molecular formula is C10H10O2. The van der Waals surface area contributed by atoms with E-state index < -0.39 is 0 Å². The third kappa shape index (κ3) is 1.20. The molecule has 2 heterocycles. The molecule has 1 atom stereocenters. The Labute approximate surface area is 71.2 Å². The predicted molar refractivity (Wildman–Crippen MR) is 45.0 cm³/mol. The minimum atomic E-state index is -0.214. The zero-order valence-electron chi connectivity index (χ0n) is 6.91. The number of fused-ring (bicyclic) bond motifs is 5. The van der Waals surface area contributed by atoms with Crippen LogP contribution in [0.1, 0.15) is 22.8 Å². The predicted octanol–water partition coefficient (Wildman–Crippen LogP) is 1.79. The van der Waals surface area contributed by atoms with Gasteiger partial charge in [0, 0.05) is 6.42 Å². The Morgan fingerprint density at radius 3 is 2.67 bits per heavy atom. The zero-order chi connectivity index (χ0) is 8.55. The van der Waals surface area contributed by atoms with E-state index >= 15 is 0 Å². The molecule has 0 radical (unpaired) electrons.